The molecule has 0 aliphatic heterocycles. The zero-order chi connectivity index (χ0) is 15.3. The van der Waals surface area contributed by atoms with Crippen molar-refractivity contribution in [3.63, 3.8) is 0 Å². The summed E-state index contributed by atoms with van der Waals surface area (Å²) in [5.41, 5.74) is 1.30. The predicted molar refractivity (Wildman–Crippen MR) is 86.1 cm³/mol. The normalized spacial score (nSPS) is 36.7. The Morgan fingerprint density at radius 1 is 1.24 bits per heavy atom. The number of hydrogen-bond acceptors (Lipinski definition) is 2. The van der Waals surface area contributed by atoms with Gasteiger partial charge in [-0.05, 0) is 30.2 Å². The van der Waals surface area contributed by atoms with E-state index in [-0.39, 0.29) is 10.8 Å². The fourth-order valence-corrected chi connectivity index (χ4v) is 4.61. The largest absolute Gasteiger partial charge is 0.461 e. The summed E-state index contributed by atoms with van der Waals surface area (Å²) in [4.78, 5) is 0. The van der Waals surface area contributed by atoms with Crippen LogP contribution in [0.4, 0.5) is 0 Å². The van der Waals surface area contributed by atoms with Gasteiger partial charge in [0.15, 0.2) is 0 Å². The molecule has 1 aromatic rings. The molecule has 2 bridgehead atoms. The fourth-order valence-electron chi connectivity index (χ4n) is 4.61. The molecular weight excluding hydrogens is 260 g/mol. The Balaban J connectivity index is 2.02. The number of methoxy groups -OCH3 is 1. The molecular formula is C19H26O2. The van der Waals surface area contributed by atoms with E-state index in [4.69, 9.17) is 9.47 Å². The molecule has 114 valence electrons. The first kappa shape index (κ1) is 14.6. The van der Waals surface area contributed by atoms with Gasteiger partial charge in [-0.3, -0.25) is 0 Å². The Bertz CT molecular complexity index is 562. The van der Waals surface area contributed by atoms with Crippen LogP contribution in [0.5, 0.6) is 5.75 Å². The Morgan fingerprint density at radius 2 is 1.95 bits per heavy atom. The summed E-state index contributed by atoms with van der Waals surface area (Å²) in [6.45, 7) is 11.0. The molecule has 0 saturated heterocycles. The third-order valence-corrected chi connectivity index (χ3v) is 6.53. The second-order valence-electron chi connectivity index (χ2n) is 7.29. The molecule has 2 saturated carbocycles. The standard InChI is InChI=1S/C19H26O2/c1-6-14-9-7-8-10-16(14)21-19(20-5)13-15-11-12-18(19,4)17(15,2)3/h6-10,15H,1,11-13H2,2-5H3. The van der Waals surface area contributed by atoms with Crippen LogP contribution in [0, 0.1) is 16.7 Å². The van der Waals surface area contributed by atoms with Crippen LogP contribution in [0.25, 0.3) is 6.08 Å². The first-order valence-electron chi connectivity index (χ1n) is 7.86. The van der Waals surface area contributed by atoms with Crippen molar-refractivity contribution < 1.29 is 9.47 Å². The van der Waals surface area contributed by atoms with Crippen molar-refractivity contribution in [1.82, 2.24) is 0 Å². The van der Waals surface area contributed by atoms with Gasteiger partial charge in [-0.15, -0.1) is 0 Å². The van der Waals surface area contributed by atoms with Gasteiger partial charge in [-0.2, -0.15) is 0 Å². The molecule has 0 heterocycles. The molecule has 1 aromatic carbocycles. The first-order chi connectivity index (χ1) is 9.90. The molecule has 0 N–H and O–H groups in total. The van der Waals surface area contributed by atoms with Crippen molar-refractivity contribution in [2.45, 2.75) is 45.8 Å². The van der Waals surface area contributed by atoms with Gasteiger partial charge in [-0.25, -0.2) is 0 Å². The highest BCUT2D eigenvalue weighted by atomic mass is 16.7. The lowest BCUT2D eigenvalue weighted by Crippen LogP contribution is -2.53. The van der Waals surface area contributed by atoms with Gasteiger partial charge in [0.25, 0.3) is 0 Å². The highest BCUT2D eigenvalue weighted by Gasteiger charge is 2.71. The molecule has 3 rings (SSSR count). The highest BCUT2D eigenvalue weighted by Crippen LogP contribution is 2.70. The zero-order valence-corrected chi connectivity index (χ0v) is 13.6. The Labute approximate surface area is 128 Å². The van der Waals surface area contributed by atoms with Gasteiger partial charge in [0, 0.05) is 24.5 Å². The minimum absolute atomic E-state index is 0.0354. The maximum absolute atomic E-state index is 6.51. The summed E-state index contributed by atoms with van der Waals surface area (Å²) in [5, 5.41) is 0. The number of hydrogen-bond donors (Lipinski definition) is 0. The predicted octanol–water partition coefficient (Wildman–Crippen LogP) is 4.90. The van der Waals surface area contributed by atoms with E-state index in [1.54, 1.807) is 7.11 Å². The van der Waals surface area contributed by atoms with E-state index < -0.39 is 5.79 Å². The molecule has 21 heavy (non-hydrogen) atoms. The molecule has 2 fully saturated rings. The fraction of sp³-hybridized carbons (Fsp3) is 0.579. The summed E-state index contributed by atoms with van der Waals surface area (Å²) < 4.78 is 12.5. The van der Waals surface area contributed by atoms with Crippen molar-refractivity contribution in [1.29, 1.82) is 0 Å². The van der Waals surface area contributed by atoms with E-state index in [1.165, 1.54) is 6.42 Å². The van der Waals surface area contributed by atoms with Crippen molar-refractivity contribution >= 4 is 6.08 Å². The molecule has 2 aliphatic rings. The van der Waals surface area contributed by atoms with E-state index >= 15 is 0 Å². The SMILES string of the molecule is C=Cc1ccccc1OC1(OC)CC2CCC1(C)C2(C)C. The van der Waals surface area contributed by atoms with E-state index in [9.17, 15) is 0 Å². The number of ether oxygens (including phenoxy) is 2. The average Bonchev–Trinajstić information content (AvgIpc) is 2.80. The summed E-state index contributed by atoms with van der Waals surface area (Å²) in [7, 11) is 1.79. The molecule has 3 unspecified atom stereocenters. The van der Waals surface area contributed by atoms with Crippen molar-refractivity contribution in [2.75, 3.05) is 7.11 Å². The van der Waals surface area contributed by atoms with E-state index in [1.807, 2.05) is 30.3 Å². The van der Waals surface area contributed by atoms with Crippen LogP contribution >= 0.6 is 0 Å². The van der Waals surface area contributed by atoms with Gasteiger partial charge in [0.05, 0.1) is 0 Å². The maximum atomic E-state index is 6.51. The van der Waals surface area contributed by atoms with Crippen molar-refractivity contribution in [2.24, 2.45) is 16.7 Å². The number of fused-ring (bicyclic) bond motifs is 2. The number of rotatable bonds is 4. The van der Waals surface area contributed by atoms with E-state index in [0.29, 0.717) is 5.92 Å². The topological polar surface area (TPSA) is 18.5 Å². The minimum atomic E-state index is -0.529. The first-order valence-corrected chi connectivity index (χ1v) is 7.86. The lowest BCUT2D eigenvalue weighted by Gasteiger charge is -2.47. The van der Waals surface area contributed by atoms with Gasteiger partial charge in [0.2, 0.25) is 5.79 Å². The van der Waals surface area contributed by atoms with Crippen LogP contribution < -0.4 is 4.74 Å². The van der Waals surface area contributed by atoms with Crippen molar-refractivity contribution in [3.05, 3.63) is 36.4 Å². The molecule has 0 amide bonds. The molecule has 2 aliphatic carbocycles. The summed E-state index contributed by atoms with van der Waals surface area (Å²) >= 11 is 0. The molecule has 0 radical (unpaired) electrons. The number of benzene rings is 1. The molecule has 2 nitrogen and oxygen atoms in total. The third kappa shape index (κ3) is 1.75. The molecule has 3 atom stereocenters. The van der Waals surface area contributed by atoms with Gasteiger partial charge in [-0.1, -0.05) is 51.6 Å². The summed E-state index contributed by atoms with van der Waals surface area (Å²) in [6, 6.07) is 8.06. The Hall–Kier alpha value is -1.28. The molecule has 2 heteroatoms. The van der Waals surface area contributed by atoms with Crippen LogP contribution in [0.2, 0.25) is 0 Å². The summed E-state index contributed by atoms with van der Waals surface area (Å²) in [5.74, 6) is 1.01. The average molecular weight is 286 g/mol. The minimum Gasteiger partial charge on any atom is -0.461 e. The van der Waals surface area contributed by atoms with Crippen LogP contribution in [0.3, 0.4) is 0 Å². The lowest BCUT2D eigenvalue weighted by atomic mass is 9.68. The zero-order valence-electron chi connectivity index (χ0n) is 13.6. The molecule has 0 spiro atoms. The summed E-state index contributed by atoms with van der Waals surface area (Å²) in [6.07, 6.45) is 5.26. The third-order valence-electron chi connectivity index (χ3n) is 6.53. The monoisotopic (exact) mass is 286 g/mol. The van der Waals surface area contributed by atoms with Crippen LogP contribution in [-0.4, -0.2) is 12.9 Å². The smallest absolute Gasteiger partial charge is 0.216 e. The van der Waals surface area contributed by atoms with Crippen LogP contribution in [0.15, 0.2) is 30.8 Å². The van der Waals surface area contributed by atoms with E-state index in [0.717, 1.165) is 24.2 Å². The van der Waals surface area contributed by atoms with Crippen LogP contribution in [0.1, 0.15) is 45.6 Å². The quantitative estimate of drug-likeness (QED) is 0.733. The second-order valence-corrected chi connectivity index (χ2v) is 7.29. The van der Waals surface area contributed by atoms with Gasteiger partial charge in [0.1, 0.15) is 5.75 Å². The lowest BCUT2D eigenvalue weighted by molar-refractivity contribution is -0.240. The Kier molecular flexibility index (Phi) is 3.21. The number of para-hydroxylation sites is 1. The van der Waals surface area contributed by atoms with E-state index in [2.05, 4.69) is 27.4 Å². The molecule has 0 aromatic heterocycles. The maximum Gasteiger partial charge on any atom is 0.216 e. The second kappa shape index (κ2) is 4.61. The van der Waals surface area contributed by atoms with Gasteiger partial charge < -0.3 is 9.47 Å². The Morgan fingerprint density at radius 3 is 2.48 bits per heavy atom. The van der Waals surface area contributed by atoms with Gasteiger partial charge >= 0.3 is 0 Å². The van der Waals surface area contributed by atoms with Crippen molar-refractivity contribution in [3.8, 4) is 5.75 Å². The highest BCUT2D eigenvalue weighted by molar-refractivity contribution is 5.55. The van der Waals surface area contributed by atoms with Crippen LogP contribution in [-0.2, 0) is 4.74 Å².